The number of para-hydroxylation sites is 3. The molecule has 0 unspecified atom stereocenters. The summed E-state index contributed by atoms with van der Waals surface area (Å²) in [6, 6.07) is 28.5. The summed E-state index contributed by atoms with van der Waals surface area (Å²) >= 11 is 0. The van der Waals surface area contributed by atoms with E-state index in [0.717, 1.165) is 0 Å². The maximum atomic E-state index is 2.44. The molecule has 2 heteroatoms. The van der Waals surface area contributed by atoms with Crippen molar-refractivity contribution < 1.29 is 0 Å². The minimum Gasteiger partial charge on any atom is -0.343 e. The highest BCUT2D eigenvalue weighted by Gasteiger charge is 2.21. The van der Waals surface area contributed by atoms with E-state index in [1.807, 2.05) is 0 Å². The van der Waals surface area contributed by atoms with Crippen molar-refractivity contribution in [3.63, 3.8) is 0 Å². The third-order valence-electron chi connectivity index (χ3n) is 6.31. The van der Waals surface area contributed by atoms with Gasteiger partial charge < -0.3 is 9.13 Å². The van der Waals surface area contributed by atoms with Crippen LogP contribution in [0.4, 0.5) is 0 Å². The molecular formula is C27H22N2. The SMILES string of the molecule is Cc1cccc2c3c(c(C)cc4c5ccccc5n(-c5ccccc5)c43)n(C)c12. The highest BCUT2D eigenvalue weighted by Crippen LogP contribution is 2.42. The van der Waals surface area contributed by atoms with Crippen molar-refractivity contribution in [3.05, 3.63) is 90.0 Å². The second-order valence-electron chi connectivity index (χ2n) is 8.03. The van der Waals surface area contributed by atoms with E-state index in [4.69, 9.17) is 0 Å². The van der Waals surface area contributed by atoms with E-state index in [-0.39, 0.29) is 0 Å². The Hall–Kier alpha value is -3.52. The standard InChI is InChI=1S/C27H22N2/c1-17-10-9-14-21-24-26(28(3)25(17)21)18(2)16-22-20-13-7-8-15-23(20)29(27(22)24)19-11-5-4-6-12-19/h4-16H,1-3H3. The van der Waals surface area contributed by atoms with Crippen LogP contribution in [0.25, 0.3) is 49.3 Å². The van der Waals surface area contributed by atoms with Gasteiger partial charge in [-0.15, -0.1) is 0 Å². The zero-order valence-electron chi connectivity index (χ0n) is 16.9. The maximum Gasteiger partial charge on any atom is 0.0641 e. The lowest BCUT2D eigenvalue weighted by molar-refractivity contribution is 1.00. The van der Waals surface area contributed by atoms with Crippen LogP contribution < -0.4 is 0 Å². The molecule has 6 rings (SSSR count). The van der Waals surface area contributed by atoms with E-state index in [0.29, 0.717) is 0 Å². The Morgan fingerprint density at radius 3 is 2.14 bits per heavy atom. The topological polar surface area (TPSA) is 9.86 Å². The number of hydrogen-bond donors (Lipinski definition) is 0. The molecule has 0 saturated carbocycles. The fraction of sp³-hybridized carbons (Fsp3) is 0.111. The number of benzene rings is 4. The highest BCUT2D eigenvalue weighted by atomic mass is 15.0. The van der Waals surface area contributed by atoms with E-state index >= 15 is 0 Å². The van der Waals surface area contributed by atoms with Gasteiger partial charge in [-0.05, 0) is 49.2 Å². The van der Waals surface area contributed by atoms with Crippen LogP contribution in [0.5, 0.6) is 0 Å². The molecule has 0 aliphatic rings. The van der Waals surface area contributed by atoms with E-state index in [9.17, 15) is 0 Å². The Morgan fingerprint density at radius 2 is 1.31 bits per heavy atom. The number of hydrogen-bond acceptors (Lipinski definition) is 0. The third kappa shape index (κ3) is 2.06. The van der Waals surface area contributed by atoms with Crippen LogP contribution in [-0.4, -0.2) is 9.13 Å². The van der Waals surface area contributed by atoms with Gasteiger partial charge in [0.1, 0.15) is 0 Å². The van der Waals surface area contributed by atoms with Crippen LogP contribution in [0.15, 0.2) is 78.9 Å². The third-order valence-corrected chi connectivity index (χ3v) is 6.31. The number of nitrogens with zero attached hydrogens (tertiary/aromatic N) is 2. The van der Waals surface area contributed by atoms with Crippen LogP contribution in [-0.2, 0) is 7.05 Å². The highest BCUT2D eigenvalue weighted by molar-refractivity contribution is 6.26. The van der Waals surface area contributed by atoms with Crippen LogP contribution in [0, 0.1) is 13.8 Å². The maximum absolute atomic E-state index is 2.44. The monoisotopic (exact) mass is 374 g/mol. The van der Waals surface area contributed by atoms with Gasteiger partial charge >= 0.3 is 0 Å². The minimum absolute atomic E-state index is 1.20. The first-order valence-electron chi connectivity index (χ1n) is 10.1. The van der Waals surface area contributed by atoms with Gasteiger partial charge in [-0.3, -0.25) is 0 Å². The number of fused-ring (bicyclic) bond motifs is 7. The van der Waals surface area contributed by atoms with E-state index < -0.39 is 0 Å². The molecule has 0 aliphatic heterocycles. The Bertz CT molecular complexity index is 1560. The summed E-state index contributed by atoms with van der Waals surface area (Å²) in [5, 5.41) is 5.31. The normalized spacial score (nSPS) is 12.0. The first-order valence-corrected chi connectivity index (χ1v) is 10.1. The average Bonchev–Trinajstić information content (AvgIpc) is 3.23. The average molecular weight is 374 g/mol. The summed E-state index contributed by atoms with van der Waals surface area (Å²) in [6.07, 6.45) is 0. The molecule has 29 heavy (non-hydrogen) atoms. The minimum atomic E-state index is 1.20. The van der Waals surface area contributed by atoms with Crippen molar-refractivity contribution in [2.75, 3.05) is 0 Å². The van der Waals surface area contributed by atoms with Crippen molar-refractivity contribution in [1.82, 2.24) is 9.13 Å². The summed E-state index contributed by atoms with van der Waals surface area (Å²) in [5.74, 6) is 0. The summed E-state index contributed by atoms with van der Waals surface area (Å²) in [5.41, 5.74) is 9.04. The zero-order valence-corrected chi connectivity index (χ0v) is 16.9. The Morgan fingerprint density at radius 1 is 0.586 bits per heavy atom. The first-order chi connectivity index (χ1) is 14.2. The van der Waals surface area contributed by atoms with Crippen molar-refractivity contribution in [3.8, 4) is 5.69 Å². The van der Waals surface area contributed by atoms with Crippen molar-refractivity contribution >= 4 is 43.6 Å². The molecule has 2 nitrogen and oxygen atoms in total. The van der Waals surface area contributed by atoms with Gasteiger partial charge in [0.05, 0.1) is 22.1 Å². The van der Waals surface area contributed by atoms with Gasteiger partial charge in [-0.1, -0.05) is 54.6 Å². The molecule has 6 aromatic rings. The molecule has 0 bridgehead atoms. The largest absolute Gasteiger partial charge is 0.343 e. The molecule has 0 atom stereocenters. The summed E-state index contributed by atoms with van der Waals surface area (Å²) in [4.78, 5) is 0. The quantitative estimate of drug-likeness (QED) is 0.292. The van der Waals surface area contributed by atoms with Gasteiger partial charge in [-0.2, -0.15) is 0 Å². The number of rotatable bonds is 1. The summed E-state index contributed by atoms with van der Waals surface area (Å²) in [6.45, 7) is 4.45. The van der Waals surface area contributed by atoms with Crippen LogP contribution >= 0.6 is 0 Å². The Balaban J connectivity index is 2.00. The van der Waals surface area contributed by atoms with Gasteiger partial charge in [0, 0.05) is 34.3 Å². The van der Waals surface area contributed by atoms with Crippen molar-refractivity contribution in [2.45, 2.75) is 13.8 Å². The zero-order chi connectivity index (χ0) is 19.7. The van der Waals surface area contributed by atoms with Crippen LogP contribution in [0.1, 0.15) is 11.1 Å². The summed E-state index contributed by atoms with van der Waals surface area (Å²) in [7, 11) is 2.20. The molecule has 0 radical (unpaired) electrons. The summed E-state index contributed by atoms with van der Waals surface area (Å²) < 4.78 is 4.82. The second-order valence-corrected chi connectivity index (χ2v) is 8.03. The fourth-order valence-electron chi connectivity index (χ4n) is 5.20. The molecule has 2 heterocycles. The fourth-order valence-corrected chi connectivity index (χ4v) is 5.20. The predicted octanol–water partition coefficient (Wildman–Crippen LogP) is 7.05. The first kappa shape index (κ1) is 16.4. The van der Waals surface area contributed by atoms with Crippen molar-refractivity contribution in [1.29, 1.82) is 0 Å². The lowest BCUT2D eigenvalue weighted by atomic mass is 10.0. The van der Waals surface area contributed by atoms with Gasteiger partial charge in [0.2, 0.25) is 0 Å². The second kappa shape index (κ2) is 5.74. The number of aryl methyl sites for hydroxylation is 3. The molecule has 0 aliphatic carbocycles. The molecule has 0 N–H and O–H groups in total. The van der Waals surface area contributed by atoms with Gasteiger partial charge in [0.25, 0.3) is 0 Å². The Labute approximate surface area is 169 Å². The molecule has 0 spiro atoms. The number of aromatic nitrogens is 2. The molecule has 2 aromatic heterocycles. The lowest BCUT2D eigenvalue weighted by Crippen LogP contribution is -1.95. The van der Waals surface area contributed by atoms with Crippen LogP contribution in [0.2, 0.25) is 0 Å². The van der Waals surface area contributed by atoms with Gasteiger partial charge in [0.15, 0.2) is 0 Å². The molecule has 0 amide bonds. The van der Waals surface area contributed by atoms with Crippen LogP contribution in [0.3, 0.4) is 0 Å². The lowest BCUT2D eigenvalue weighted by Gasteiger charge is -2.10. The van der Waals surface area contributed by atoms with Gasteiger partial charge in [-0.25, -0.2) is 0 Å². The molecule has 140 valence electrons. The predicted molar refractivity (Wildman–Crippen MR) is 124 cm³/mol. The van der Waals surface area contributed by atoms with E-state index in [1.54, 1.807) is 0 Å². The Kier molecular flexibility index (Phi) is 3.25. The molecular weight excluding hydrogens is 352 g/mol. The molecule has 0 fully saturated rings. The molecule has 4 aromatic carbocycles. The molecule has 0 saturated heterocycles. The van der Waals surface area contributed by atoms with E-state index in [2.05, 4.69) is 109 Å². The van der Waals surface area contributed by atoms with E-state index in [1.165, 1.54) is 60.4 Å². The smallest absolute Gasteiger partial charge is 0.0641 e. The van der Waals surface area contributed by atoms with Crippen molar-refractivity contribution in [2.24, 2.45) is 7.05 Å².